The summed E-state index contributed by atoms with van der Waals surface area (Å²) in [6, 6.07) is 7.25. The van der Waals surface area contributed by atoms with E-state index in [-0.39, 0.29) is 6.42 Å². The number of hydrogen-bond acceptors (Lipinski definition) is 6. The van der Waals surface area contributed by atoms with Gasteiger partial charge >= 0.3 is 18.1 Å². The third-order valence-corrected chi connectivity index (χ3v) is 2.89. The number of rotatable bonds is 5. The molecule has 0 aromatic heterocycles. The first-order chi connectivity index (χ1) is 10.6. The third kappa shape index (κ3) is 6.48. The highest BCUT2D eigenvalue weighted by atomic mass is 16.7. The van der Waals surface area contributed by atoms with Gasteiger partial charge in [0.15, 0.2) is 0 Å². The van der Waals surface area contributed by atoms with Gasteiger partial charge in [0.1, 0.15) is 11.6 Å². The van der Waals surface area contributed by atoms with Crippen molar-refractivity contribution >= 4 is 18.1 Å². The molecule has 0 saturated carbocycles. The van der Waals surface area contributed by atoms with Crippen molar-refractivity contribution in [3.8, 4) is 0 Å². The van der Waals surface area contributed by atoms with Gasteiger partial charge in [-0.3, -0.25) is 4.79 Å². The number of carboxylic acid groups (broad SMARTS) is 1. The van der Waals surface area contributed by atoms with E-state index in [0.717, 1.165) is 0 Å². The van der Waals surface area contributed by atoms with Gasteiger partial charge in [-0.25, -0.2) is 9.59 Å². The summed E-state index contributed by atoms with van der Waals surface area (Å²) in [5.41, 5.74) is 5.53. The second-order valence-corrected chi connectivity index (χ2v) is 6.05. The molecular weight excluding hydrogens is 302 g/mol. The molecule has 0 spiro atoms. The Kier molecular flexibility index (Phi) is 6.27. The molecule has 3 N–H and O–H groups in total. The molecule has 1 unspecified atom stereocenters. The SMILES string of the molecule is CC(C)(C)OC(=O)OC(=O)[C@@H](N)C(Cc1ccccc1)C(=O)O. The van der Waals surface area contributed by atoms with E-state index in [4.69, 9.17) is 10.5 Å². The van der Waals surface area contributed by atoms with Crippen LogP contribution in [0.5, 0.6) is 0 Å². The first kappa shape index (κ1) is 18.6. The van der Waals surface area contributed by atoms with Gasteiger partial charge in [-0.2, -0.15) is 0 Å². The summed E-state index contributed by atoms with van der Waals surface area (Å²) >= 11 is 0. The number of carbonyl (C=O) groups is 3. The molecule has 126 valence electrons. The van der Waals surface area contributed by atoms with E-state index in [1.54, 1.807) is 51.1 Å². The summed E-state index contributed by atoms with van der Waals surface area (Å²) in [6.45, 7) is 4.82. The smallest absolute Gasteiger partial charge is 0.481 e. The Morgan fingerprint density at radius 3 is 2.22 bits per heavy atom. The van der Waals surface area contributed by atoms with Crippen LogP contribution in [0.25, 0.3) is 0 Å². The van der Waals surface area contributed by atoms with Crippen LogP contribution in [0.3, 0.4) is 0 Å². The van der Waals surface area contributed by atoms with Gasteiger partial charge in [-0.1, -0.05) is 30.3 Å². The lowest BCUT2D eigenvalue weighted by Crippen LogP contribution is -2.45. The Bertz CT molecular complexity index is 564. The molecule has 7 nitrogen and oxygen atoms in total. The molecule has 23 heavy (non-hydrogen) atoms. The molecular formula is C16H21NO6. The maximum Gasteiger partial charge on any atom is 0.516 e. The van der Waals surface area contributed by atoms with E-state index in [2.05, 4.69) is 4.74 Å². The summed E-state index contributed by atoms with van der Waals surface area (Å²) in [4.78, 5) is 34.7. The van der Waals surface area contributed by atoms with Crippen LogP contribution in [0, 0.1) is 5.92 Å². The standard InChI is InChI=1S/C16H21NO6/c1-16(2,3)23-15(21)22-14(20)12(17)11(13(18)19)9-10-7-5-4-6-8-10/h4-8,11-12H,9,17H2,1-3H3,(H,18,19)/t11?,12-/m0/s1. The van der Waals surface area contributed by atoms with Crippen LogP contribution in [0.2, 0.25) is 0 Å². The Hall–Kier alpha value is -2.41. The molecule has 2 atom stereocenters. The zero-order chi connectivity index (χ0) is 17.6. The fourth-order valence-corrected chi connectivity index (χ4v) is 1.82. The number of ether oxygens (including phenoxy) is 2. The minimum atomic E-state index is -1.49. The maximum absolute atomic E-state index is 11.9. The summed E-state index contributed by atoms with van der Waals surface area (Å²) in [5.74, 6) is -3.60. The third-order valence-electron chi connectivity index (χ3n) is 2.89. The van der Waals surface area contributed by atoms with E-state index in [1.807, 2.05) is 0 Å². The van der Waals surface area contributed by atoms with Crippen LogP contribution in [0.15, 0.2) is 30.3 Å². The first-order valence-electron chi connectivity index (χ1n) is 7.07. The zero-order valence-corrected chi connectivity index (χ0v) is 13.3. The quantitative estimate of drug-likeness (QED) is 0.626. The molecule has 0 aliphatic carbocycles. The predicted molar refractivity (Wildman–Crippen MR) is 81.6 cm³/mol. The number of esters is 1. The second-order valence-electron chi connectivity index (χ2n) is 6.05. The molecule has 1 aromatic carbocycles. The highest BCUT2D eigenvalue weighted by Gasteiger charge is 2.34. The van der Waals surface area contributed by atoms with E-state index >= 15 is 0 Å². The van der Waals surface area contributed by atoms with Crippen molar-refractivity contribution in [1.82, 2.24) is 0 Å². The Morgan fingerprint density at radius 1 is 1.17 bits per heavy atom. The van der Waals surface area contributed by atoms with Crippen molar-refractivity contribution in [2.75, 3.05) is 0 Å². The largest absolute Gasteiger partial charge is 0.516 e. The molecule has 0 bridgehead atoms. The fraction of sp³-hybridized carbons (Fsp3) is 0.438. The van der Waals surface area contributed by atoms with Crippen molar-refractivity contribution in [1.29, 1.82) is 0 Å². The van der Waals surface area contributed by atoms with Gasteiger partial charge in [0.25, 0.3) is 0 Å². The lowest BCUT2D eigenvalue weighted by Gasteiger charge is -2.21. The molecule has 0 heterocycles. The van der Waals surface area contributed by atoms with Crippen molar-refractivity contribution < 1.29 is 29.0 Å². The molecule has 0 amide bonds. The molecule has 1 aromatic rings. The van der Waals surface area contributed by atoms with E-state index in [9.17, 15) is 19.5 Å². The van der Waals surface area contributed by atoms with Gasteiger partial charge in [0.2, 0.25) is 0 Å². The van der Waals surface area contributed by atoms with Crippen molar-refractivity contribution in [3.63, 3.8) is 0 Å². The Morgan fingerprint density at radius 2 is 1.74 bits per heavy atom. The molecule has 0 saturated heterocycles. The average Bonchev–Trinajstić information content (AvgIpc) is 2.42. The molecule has 0 radical (unpaired) electrons. The number of hydrogen-bond donors (Lipinski definition) is 2. The number of carbonyl (C=O) groups excluding carboxylic acids is 2. The van der Waals surface area contributed by atoms with Gasteiger partial charge in [0.05, 0.1) is 5.92 Å². The van der Waals surface area contributed by atoms with E-state index < -0.39 is 35.7 Å². The monoisotopic (exact) mass is 323 g/mol. The van der Waals surface area contributed by atoms with Gasteiger partial charge in [-0.05, 0) is 32.8 Å². The highest BCUT2D eigenvalue weighted by Crippen LogP contribution is 2.14. The average molecular weight is 323 g/mol. The topological polar surface area (TPSA) is 116 Å². The van der Waals surface area contributed by atoms with Gasteiger partial charge in [-0.15, -0.1) is 0 Å². The van der Waals surface area contributed by atoms with Crippen LogP contribution >= 0.6 is 0 Å². The summed E-state index contributed by atoms with van der Waals surface area (Å²) in [7, 11) is 0. The summed E-state index contributed by atoms with van der Waals surface area (Å²) in [5, 5.41) is 9.27. The van der Waals surface area contributed by atoms with Crippen LogP contribution in [-0.4, -0.2) is 34.8 Å². The maximum atomic E-state index is 11.9. The number of benzene rings is 1. The van der Waals surface area contributed by atoms with Gasteiger partial charge < -0.3 is 20.3 Å². The Balaban J connectivity index is 2.73. The second kappa shape index (κ2) is 7.73. The van der Waals surface area contributed by atoms with Crippen LogP contribution < -0.4 is 5.73 Å². The number of carboxylic acids is 1. The predicted octanol–water partition coefficient (Wildman–Crippen LogP) is 1.74. The Labute approximate surface area is 134 Å². The summed E-state index contributed by atoms with van der Waals surface area (Å²) < 4.78 is 9.30. The molecule has 1 rings (SSSR count). The van der Waals surface area contributed by atoms with Gasteiger partial charge in [0, 0.05) is 0 Å². The zero-order valence-electron chi connectivity index (χ0n) is 13.3. The number of nitrogens with two attached hydrogens (primary N) is 1. The first-order valence-corrected chi connectivity index (χ1v) is 7.07. The number of aliphatic carboxylic acids is 1. The molecule has 0 aliphatic rings. The highest BCUT2D eigenvalue weighted by molar-refractivity contribution is 5.89. The van der Waals surface area contributed by atoms with Crippen LogP contribution in [-0.2, 0) is 25.5 Å². The van der Waals surface area contributed by atoms with Crippen molar-refractivity contribution in [3.05, 3.63) is 35.9 Å². The van der Waals surface area contributed by atoms with E-state index in [1.165, 1.54) is 0 Å². The van der Waals surface area contributed by atoms with E-state index in [0.29, 0.717) is 5.56 Å². The van der Waals surface area contributed by atoms with Crippen LogP contribution in [0.4, 0.5) is 4.79 Å². The normalized spacial score (nSPS) is 13.7. The van der Waals surface area contributed by atoms with Crippen LogP contribution in [0.1, 0.15) is 26.3 Å². The molecule has 0 aliphatic heterocycles. The van der Waals surface area contributed by atoms with Crippen molar-refractivity contribution in [2.45, 2.75) is 38.8 Å². The lowest BCUT2D eigenvalue weighted by atomic mass is 9.93. The minimum Gasteiger partial charge on any atom is -0.481 e. The summed E-state index contributed by atoms with van der Waals surface area (Å²) in [6.07, 6.45) is -1.16. The lowest BCUT2D eigenvalue weighted by molar-refractivity contribution is -0.152. The molecule has 7 heteroatoms. The van der Waals surface area contributed by atoms with Crippen molar-refractivity contribution in [2.24, 2.45) is 11.7 Å². The fourth-order valence-electron chi connectivity index (χ4n) is 1.82. The molecule has 0 fully saturated rings. The minimum absolute atomic E-state index is 0.0424.